The average Bonchev–Trinajstić information content (AvgIpc) is 2.73. The number of hydrogen-bond acceptors (Lipinski definition) is 7. The summed E-state index contributed by atoms with van der Waals surface area (Å²) in [6.45, 7) is 3.26. The van der Waals surface area contributed by atoms with Crippen LogP contribution in [0.5, 0.6) is 5.75 Å². The SMILES string of the molecule is Fc1cnc(NCCOc2cccc3cccnc23)nc1N1CCOCC1. The molecular weight excluding hydrogens is 349 g/mol. The first-order chi connectivity index (χ1) is 13.3. The Labute approximate surface area is 156 Å². The van der Waals surface area contributed by atoms with E-state index in [1.165, 1.54) is 6.20 Å². The van der Waals surface area contributed by atoms with E-state index < -0.39 is 5.82 Å². The fourth-order valence-corrected chi connectivity index (χ4v) is 2.96. The molecule has 8 heteroatoms. The van der Waals surface area contributed by atoms with Crippen molar-refractivity contribution in [2.45, 2.75) is 0 Å². The lowest BCUT2D eigenvalue weighted by Crippen LogP contribution is -2.37. The van der Waals surface area contributed by atoms with Gasteiger partial charge >= 0.3 is 0 Å². The van der Waals surface area contributed by atoms with E-state index in [4.69, 9.17) is 9.47 Å². The van der Waals surface area contributed by atoms with E-state index in [1.807, 2.05) is 35.2 Å². The minimum Gasteiger partial charge on any atom is -0.489 e. The van der Waals surface area contributed by atoms with Gasteiger partial charge in [-0.2, -0.15) is 4.98 Å². The maximum absolute atomic E-state index is 14.0. The molecule has 0 bridgehead atoms. The Morgan fingerprint density at radius 3 is 2.89 bits per heavy atom. The number of benzene rings is 1. The molecule has 1 aliphatic rings. The molecule has 1 N–H and O–H groups in total. The first-order valence-electron chi connectivity index (χ1n) is 8.87. The highest BCUT2D eigenvalue weighted by molar-refractivity contribution is 5.84. The van der Waals surface area contributed by atoms with Crippen LogP contribution in [0.3, 0.4) is 0 Å². The molecule has 140 valence electrons. The first-order valence-corrected chi connectivity index (χ1v) is 8.87. The molecular formula is C19H20FN5O2. The number of fused-ring (bicyclic) bond motifs is 1. The number of morpholine rings is 1. The van der Waals surface area contributed by atoms with Crippen molar-refractivity contribution in [3.63, 3.8) is 0 Å². The zero-order valence-corrected chi connectivity index (χ0v) is 14.8. The molecule has 3 aromatic rings. The molecule has 1 fully saturated rings. The van der Waals surface area contributed by atoms with Gasteiger partial charge in [-0.05, 0) is 12.1 Å². The number of rotatable bonds is 6. The van der Waals surface area contributed by atoms with Gasteiger partial charge in [0.05, 0.1) is 26.0 Å². The molecule has 0 unspecified atom stereocenters. The van der Waals surface area contributed by atoms with Crippen molar-refractivity contribution in [1.82, 2.24) is 15.0 Å². The van der Waals surface area contributed by atoms with E-state index in [9.17, 15) is 4.39 Å². The third-order valence-corrected chi connectivity index (χ3v) is 4.27. The second kappa shape index (κ2) is 8.13. The number of nitrogens with one attached hydrogen (secondary N) is 1. The molecule has 4 rings (SSSR count). The monoisotopic (exact) mass is 369 g/mol. The van der Waals surface area contributed by atoms with Gasteiger partial charge in [-0.3, -0.25) is 4.98 Å². The van der Waals surface area contributed by atoms with Crippen LogP contribution in [0.15, 0.2) is 42.7 Å². The highest BCUT2D eigenvalue weighted by Gasteiger charge is 2.17. The molecule has 0 radical (unpaired) electrons. The Balaban J connectivity index is 1.36. The van der Waals surface area contributed by atoms with E-state index in [-0.39, 0.29) is 0 Å². The van der Waals surface area contributed by atoms with Gasteiger partial charge in [0.15, 0.2) is 11.6 Å². The van der Waals surface area contributed by atoms with Crippen molar-refractivity contribution in [2.75, 3.05) is 49.7 Å². The second-order valence-corrected chi connectivity index (χ2v) is 6.07. The van der Waals surface area contributed by atoms with Crippen molar-refractivity contribution >= 4 is 22.7 Å². The van der Waals surface area contributed by atoms with Crippen LogP contribution >= 0.6 is 0 Å². The van der Waals surface area contributed by atoms with Crippen LogP contribution in [-0.4, -0.2) is 54.4 Å². The molecule has 0 amide bonds. The summed E-state index contributed by atoms with van der Waals surface area (Å²) in [4.78, 5) is 14.5. The topological polar surface area (TPSA) is 72.4 Å². The normalized spacial score (nSPS) is 14.3. The lowest BCUT2D eigenvalue weighted by Gasteiger charge is -2.28. The van der Waals surface area contributed by atoms with E-state index in [0.29, 0.717) is 51.2 Å². The standard InChI is InChI=1S/C19H20FN5O2/c20-15-13-23-19(24-18(15)25-8-11-26-12-9-25)22-7-10-27-16-5-1-3-14-4-2-6-21-17(14)16/h1-6,13H,7-12H2,(H,22,23,24). The van der Waals surface area contributed by atoms with E-state index >= 15 is 0 Å². The van der Waals surface area contributed by atoms with Crippen molar-refractivity contribution in [2.24, 2.45) is 0 Å². The molecule has 0 aliphatic carbocycles. The maximum atomic E-state index is 14.0. The lowest BCUT2D eigenvalue weighted by atomic mass is 10.2. The lowest BCUT2D eigenvalue weighted by molar-refractivity contribution is 0.122. The Morgan fingerprint density at radius 2 is 2.00 bits per heavy atom. The molecule has 0 saturated carbocycles. The van der Waals surface area contributed by atoms with Crippen molar-refractivity contribution < 1.29 is 13.9 Å². The summed E-state index contributed by atoms with van der Waals surface area (Å²) in [5.74, 6) is 0.969. The Bertz CT molecular complexity index is 912. The molecule has 0 spiro atoms. The van der Waals surface area contributed by atoms with Gasteiger partial charge in [-0.25, -0.2) is 9.37 Å². The number of aromatic nitrogens is 3. The highest BCUT2D eigenvalue weighted by Crippen LogP contribution is 2.23. The minimum atomic E-state index is -0.430. The van der Waals surface area contributed by atoms with Gasteiger partial charge in [0, 0.05) is 24.7 Å². The molecule has 27 heavy (non-hydrogen) atoms. The Morgan fingerprint density at radius 1 is 1.15 bits per heavy atom. The summed E-state index contributed by atoms with van der Waals surface area (Å²) in [6, 6.07) is 9.70. The largest absolute Gasteiger partial charge is 0.489 e. The van der Waals surface area contributed by atoms with E-state index in [2.05, 4.69) is 20.3 Å². The number of ether oxygens (including phenoxy) is 2. The number of pyridine rings is 1. The van der Waals surface area contributed by atoms with Crippen molar-refractivity contribution in [3.05, 3.63) is 48.5 Å². The summed E-state index contributed by atoms with van der Waals surface area (Å²) < 4.78 is 25.2. The van der Waals surface area contributed by atoms with Crippen LogP contribution in [0.1, 0.15) is 0 Å². The highest BCUT2D eigenvalue weighted by atomic mass is 19.1. The summed E-state index contributed by atoms with van der Waals surface area (Å²) in [6.07, 6.45) is 2.93. The van der Waals surface area contributed by atoms with Crippen molar-refractivity contribution in [3.8, 4) is 5.75 Å². The quantitative estimate of drug-likeness (QED) is 0.669. The van der Waals surface area contributed by atoms with E-state index in [0.717, 1.165) is 16.7 Å². The van der Waals surface area contributed by atoms with Gasteiger partial charge in [0.1, 0.15) is 17.9 Å². The first kappa shape index (κ1) is 17.4. The number of para-hydroxylation sites is 1. The predicted molar refractivity (Wildman–Crippen MR) is 101 cm³/mol. The van der Waals surface area contributed by atoms with Gasteiger partial charge < -0.3 is 19.7 Å². The van der Waals surface area contributed by atoms with Crippen LogP contribution in [0.25, 0.3) is 10.9 Å². The summed E-state index contributed by atoms with van der Waals surface area (Å²) in [7, 11) is 0. The smallest absolute Gasteiger partial charge is 0.224 e. The van der Waals surface area contributed by atoms with Gasteiger partial charge in [-0.15, -0.1) is 0 Å². The number of hydrogen-bond donors (Lipinski definition) is 1. The Hall–Kier alpha value is -3.00. The molecule has 1 saturated heterocycles. The van der Waals surface area contributed by atoms with Crippen LogP contribution in [0.4, 0.5) is 16.2 Å². The van der Waals surface area contributed by atoms with Crippen molar-refractivity contribution in [1.29, 1.82) is 0 Å². The third-order valence-electron chi connectivity index (χ3n) is 4.27. The summed E-state index contributed by atoms with van der Waals surface area (Å²) in [5, 5.41) is 4.11. The molecule has 7 nitrogen and oxygen atoms in total. The summed E-state index contributed by atoms with van der Waals surface area (Å²) in [5.41, 5.74) is 0.827. The van der Waals surface area contributed by atoms with Crippen LogP contribution in [0.2, 0.25) is 0 Å². The molecule has 1 aliphatic heterocycles. The van der Waals surface area contributed by atoms with Gasteiger partial charge in [0.2, 0.25) is 5.95 Å². The maximum Gasteiger partial charge on any atom is 0.224 e. The average molecular weight is 369 g/mol. The van der Waals surface area contributed by atoms with Gasteiger partial charge in [0.25, 0.3) is 0 Å². The van der Waals surface area contributed by atoms with Crippen LogP contribution in [-0.2, 0) is 4.74 Å². The summed E-state index contributed by atoms with van der Waals surface area (Å²) >= 11 is 0. The fraction of sp³-hybridized carbons (Fsp3) is 0.316. The fourth-order valence-electron chi connectivity index (χ4n) is 2.96. The predicted octanol–water partition coefficient (Wildman–Crippen LogP) is 2.49. The third kappa shape index (κ3) is 4.06. The number of nitrogens with zero attached hydrogens (tertiary/aromatic N) is 4. The number of halogens is 1. The number of anilines is 2. The molecule has 3 heterocycles. The Kier molecular flexibility index (Phi) is 5.24. The van der Waals surface area contributed by atoms with Gasteiger partial charge in [-0.1, -0.05) is 18.2 Å². The molecule has 2 aromatic heterocycles. The minimum absolute atomic E-state index is 0.301. The zero-order chi connectivity index (χ0) is 18.5. The van der Waals surface area contributed by atoms with E-state index in [1.54, 1.807) is 6.20 Å². The second-order valence-electron chi connectivity index (χ2n) is 6.07. The van der Waals surface area contributed by atoms with Crippen LogP contribution in [0, 0.1) is 5.82 Å². The molecule has 1 aromatic carbocycles. The van der Waals surface area contributed by atoms with Crippen LogP contribution < -0.4 is 15.0 Å². The molecule has 0 atom stereocenters. The zero-order valence-electron chi connectivity index (χ0n) is 14.8.